The van der Waals surface area contributed by atoms with Gasteiger partial charge in [-0.3, -0.25) is 4.79 Å². The fourth-order valence-electron chi connectivity index (χ4n) is 3.00. The molecule has 0 aromatic heterocycles. The van der Waals surface area contributed by atoms with Crippen LogP contribution in [0.25, 0.3) is 0 Å². The highest BCUT2D eigenvalue weighted by atomic mass is 35.5. The average Bonchev–Trinajstić information content (AvgIpc) is 3.17. The van der Waals surface area contributed by atoms with E-state index < -0.39 is 10.0 Å². The molecule has 1 aliphatic heterocycles. The number of halogens is 1. The van der Waals surface area contributed by atoms with Crippen molar-refractivity contribution in [1.82, 2.24) is 9.62 Å². The van der Waals surface area contributed by atoms with E-state index in [0.717, 1.165) is 18.4 Å². The topological polar surface area (TPSA) is 66.5 Å². The van der Waals surface area contributed by atoms with Gasteiger partial charge in [-0.1, -0.05) is 23.7 Å². The molecule has 1 saturated heterocycles. The van der Waals surface area contributed by atoms with Crippen molar-refractivity contribution in [3.05, 3.63) is 64.7 Å². The van der Waals surface area contributed by atoms with E-state index in [4.69, 9.17) is 11.6 Å². The molecule has 1 N–H and O–H groups in total. The van der Waals surface area contributed by atoms with Crippen molar-refractivity contribution >= 4 is 27.5 Å². The second-order valence-electron chi connectivity index (χ2n) is 6.39. The van der Waals surface area contributed by atoms with Crippen LogP contribution in [0.5, 0.6) is 0 Å². The number of nitrogens with zero attached hydrogens (tertiary/aromatic N) is 1. The molecule has 0 saturated carbocycles. The molecule has 1 unspecified atom stereocenters. The molecule has 0 bridgehead atoms. The van der Waals surface area contributed by atoms with Crippen molar-refractivity contribution in [2.75, 3.05) is 13.1 Å². The molecule has 1 fully saturated rings. The van der Waals surface area contributed by atoms with Gasteiger partial charge < -0.3 is 5.32 Å². The fourth-order valence-corrected chi connectivity index (χ4v) is 4.71. The minimum Gasteiger partial charge on any atom is -0.346 e. The van der Waals surface area contributed by atoms with E-state index in [1.807, 2.05) is 19.1 Å². The quantitative estimate of drug-likeness (QED) is 0.845. The van der Waals surface area contributed by atoms with E-state index in [2.05, 4.69) is 5.32 Å². The molecule has 3 rings (SSSR count). The second kappa shape index (κ2) is 7.78. The lowest BCUT2D eigenvalue weighted by Gasteiger charge is -2.16. The number of nitrogens with one attached hydrogen (secondary N) is 1. The second-order valence-corrected chi connectivity index (χ2v) is 8.76. The normalized spacial score (nSPS) is 16.4. The van der Waals surface area contributed by atoms with Crippen molar-refractivity contribution in [3.63, 3.8) is 0 Å². The summed E-state index contributed by atoms with van der Waals surface area (Å²) in [5, 5.41) is 3.51. The van der Waals surface area contributed by atoms with Gasteiger partial charge in [-0.15, -0.1) is 0 Å². The zero-order valence-electron chi connectivity index (χ0n) is 14.5. The van der Waals surface area contributed by atoms with E-state index in [-0.39, 0.29) is 16.8 Å². The Morgan fingerprint density at radius 2 is 1.77 bits per heavy atom. The van der Waals surface area contributed by atoms with E-state index in [1.165, 1.54) is 16.4 Å². The molecule has 2 aromatic carbocycles. The van der Waals surface area contributed by atoms with Gasteiger partial charge in [0.25, 0.3) is 5.91 Å². The summed E-state index contributed by atoms with van der Waals surface area (Å²) in [4.78, 5) is 12.6. The molecule has 2 aromatic rings. The molecule has 1 aliphatic rings. The molecule has 1 heterocycles. The Morgan fingerprint density at radius 3 is 2.38 bits per heavy atom. The molecular weight excluding hydrogens is 372 g/mol. The summed E-state index contributed by atoms with van der Waals surface area (Å²) >= 11 is 5.98. The number of amides is 1. The molecule has 0 aliphatic carbocycles. The highest BCUT2D eigenvalue weighted by Crippen LogP contribution is 2.22. The maximum absolute atomic E-state index is 12.5. The van der Waals surface area contributed by atoms with Crippen molar-refractivity contribution in [2.24, 2.45) is 0 Å². The minimum absolute atomic E-state index is 0.214. The van der Waals surface area contributed by atoms with Gasteiger partial charge in [-0.25, -0.2) is 8.42 Å². The largest absolute Gasteiger partial charge is 0.346 e. The molecule has 26 heavy (non-hydrogen) atoms. The lowest BCUT2D eigenvalue weighted by Crippen LogP contribution is -2.28. The van der Waals surface area contributed by atoms with Crippen LogP contribution < -0.4 is 5.32 Å². The first kappa shape index (κ1) is 18.9. The van der Waals surface area contributed by atoms with E-state index >= 15 is 0 Å². The van der Waals surface area contributed by atoms with Crippen LogP contribution in [0.1, 0.15) is 41.7 Å². The zero-order valence-corrected chi connectivity index (χ0v) is 16.1. The molecule has 0 spiro atoms. The van der Waals surface area contributed by atoms with Crippen LogP contribution in [0, 0.1) is 0 Å². The van der Waals surface area contributed by atoms with Gasteiger partial charge >= 0.3 is 0 Å². The maximum Gasteiger partial charge on any atom is 0.251 e. The van der Waals surface area contributed by atoms with Gasteiger partial charge in [0.1, 0.15) is 0 Å². The Labute approximate surface area is 159 Å². The first-order chi connectivity index (χ1) is 12.4. The third-order valence-corrected chi connectivity index (χ3v) is 6.66. The predicted octanol–water partition coefficient (Wildman–Crippen LogP) is 3.62. The fraction of sp³-hybridized carbons (Fsp3) is 0.316. The van der Waals surface area contributed by atoms with E-state index in [1.54, 1.807) is 24.3 Å². The summed E-state index contributed by atoms with van der Waals surface area (Å²) in [7, 11) is -3.47. The van der Waals surface area contributed by atoms with Crippen LogP contribution in [0.3, 0.4) is 0 Å². The summed E-state index contributed by atoms with van der Waals surface area (Å²) in [6, 6.07) is 13.2. The SMILES string of the molecule is CC(NC(=O)c1ccc(S(=O)(=O)N2CCCC2)cc1)c1cccc(Cl)c1. The zero-order chi connectivity index (χ0) is 18.7. The van der Waals surface area contributed by atoms with Gasteiger partial charge in [0, 0.05) is 23.7 Å². The van der Waals surface area contributed by atoms with Crippen LogP contribution >= 0.6 is 11.6 Å². The Bertz CT molecular complexity index is 891. The average molecular weight is 393 g/mol. The Balaban J connectivity index is 1.71. The van der Waals surface area contributed by atoms with Crippen molar-refractivity contribution in [2.45, 2.75) is 30.7 Å². The van der Waals surface area contributed by atoms with Crippen LogP contribution in [0.15, 0.2) is 53.4 Å². The summed E-state index contributed by atoms with van der Waals surface area (Å²) in [6.45, 7) is 2.99. The van der Waals surface area contributed by atoms with Crippen LogP contribution in [0.2, 0.25) is 5.02 Å². The number of benzene rings is 2. The Hall–Kier alpha value is -1.89. The monoisotopic (exact) mass is 392 g/mol. The number of sulfonamides is 1. The van der Waals surface area contributed by atoms with Crippen molar-refractivity contribution < 1.29 is 13.2 Å². The number of carbonyl (C=O) groups excluding carboxylic acids is 1. The van der Waals surface area contributed by atoms with Gasteiger partial charge in [0.05, 0.1) is 10.9 Å². The predicted molar refractivity (Wildman–Crippen MR) is 102 cm³/mol. The van der Waals surface area contributed by atoms with Crippen molar-refractivity contribution in [1.29, 1.82) is 0 Å². The summed E-state index contributed by atoms with van der Waals surface area (Å²) in [6.07, 6.45) is 1.78. The first-order valence-corrected chi connectivity index (χ1v) is 10.4. The summed E-state index contributed by atoms with van der Waals surface area (Å²) in [5.74, 6) is -0.261. The standard InChI is InChI=1S/C19H21ClN2O3S/c1-14(16-5-4-6-17(20)13-16)21-19(23)15-7-9-18(10-8-15)26(24,25)22-11-2-3-12-22/h4-10,13-14H,2-3,11-12H2,1H3,(H,21,23). The number of hydrogen-bond donors (Lipinski definition) is 1. The van der Waals surface area contributed by atoms with Gasteiger partial charge in [0.15, 0.2) is 0 Å². The smallest absolute Gasteiger partial charge is 0.251 e. The molecule has 0 radical (unpaired) electrons. The highest BCUT2D eigenvalue weighted by Gasteiger charge is 2.27. The van der Waals surface area contributed by atoms with Gasteiger partial charge in [-0.2, -0.15) is 4.31 Å². The Morgan fingerprint density at radius 1 is 1.12 bits per heavy atom. The number of rotatable bonds is 5. The third kappa shape index (κ3) is 4.09. The molecule has 138 valence electrons. The first-order valence-electron chi connectivity index (χ1n) is 8.54. The van der Waals surface area contributed by atoms with Gasteiger partial charge in [0.2, 0.25) is 10.0 Å². The van der Waals surface area contributed by atoms with Gasteiger partial charge in [-0.05, 0) is 61.7 Å². The number of carbonyl (C=O) groups is 1. The Kier molecular flexibility index (Phi) is 5.65. The molecule has 5 nitrogen and oxygen atoms in total. The van der Waals surface area contributed by atoms with Crippen LogP contribution in [-0.2, 0) is 10.0 Å². The molecular formula is C19H21ClN2O3S. The molecule has 1 atom stereocenters. The third-order valence-electron chi connectivity index (χ3n) is 4.52. The summed E-state index contributed by atoms with van der Waals surface area (Å²) in [5.41, 5.74) is 1.32. The lowest BCUT2D eigenvalue weighted by atomic mass is 10.1. The van der Waals surface area contributed by atoms with E-state index in [0.29, 0.717) is 23.7 Å². The summed E-state index contributed by atoms with van der Waals surface area (Å²) < 4.78 is 26.5. The van der Waals surface area contributed by atoms with Crippen LogP contribution in [-0.4, -0.2) is 31.7 Å². The lowest BCUT2D eigenvalue weighted by molar-refractivity contribution is 0.0940. The molecule has 1 amide bonds. The maximum atomic E-state index is 12.5. The van der Waals surface area contributed by atoms with E-state index in [9.17, 15) is 13.2 Å². The number of hydrogen-bond acceptors (Lipinski definition) is 3. The highest BCUT2D eigenvalue weighted by molar-refractivity contribution is 7.89. The van der Waals surface area contributed by atoms with Crippen LogP contribution in [0.4, 0.5) is 0 Å². The molecule has 7 heteroatoms. The minimum atomic E-state index is -3.47. The van der Waals surface area contributed by atoms with Crippen molar-refractivity contribution in [3.8, 4) is 0 Å².